The van der Waals surface area contributed by atoms with Crippen molar-refractivity contribution < 1.29 is 5.11 Å². The van der Waals surface area contributed by atoms with Crippen molar-refractivity contribution in [3.63, 3.8) is 0 Å². The van der Waals surface area contributed by atoms with Gasteiger partial charge in [0.15, 0.2) is 5.65 Å². The van der Waals surface area contributed by atoms with Gasteiger partial charge in [0, 0.05) is 11.4 Å². The number of aromatic nitrogens is 7. The number of pyridine rings is 1. The SMILES string of the molecule is CCC(Nc1nc(=NC2CC2)n2nc/c(=C\c3[nH]c(=O)[nH]c3O)c2n1)c1ccc(C)cn1. The van der Waals surface area contributed by atoms with E-state index in [4.69, 9.17) is 0 Å². The van der Waals surface area contributed by atoms with Gasteiger partial charge in [-0.1, -0.05) is 13.0 Å². The Balaban J connectivity index is 1.62. The zero-order chi connectivity index (χ0) is 22.2. The van der Waals surface area contributed by atoms with Crippen LogP contribution in [0.15, 0.2) is 34.3 Å². The van der Waals surface area contributed by atoms with E-state index in [1.165, 1.54) is 0 Å². The van der Waals surface area contributed by atoms with Crippen LogP contribution in [-0.2, 0) is 0 Å². The maximum Gasteiger partial charge on any atom is 0.326 e. The van der Waals surface area contributed by atoms with Gasteiger partial charge in [-0.3, -0.25) is 9.97 Å². The molecule has 1 aliphatic carbocycles. The first-order valence-electron chi connectivity index (χ1n) is 10.5. The Morgan fingerprint density at radius 3 is 2.81 bits per heavy atom. The fraction of sp³-hybridized carbons (Fsp3) is 0.333. The van der Waals surface area contributed by atoms with E-state index in [-0.39, 0.29) is 23.7 Å². The summed E-state index contributed by atoms with van der Waals surface area (Å²) in [6.07, 6.45) is 7.88. The summed E-state index contributed by atoms with van der Waals surface area (Å²) < 4.78 is 1.57. The fourth-order valence-electron chi connectivity index (χ4n) is 3.37. The lowest BCUT2D eigenvalue weighted by atomic mass is 10.1. The quantitative estimate of drug-likeness (QED) is 0.350. The van der Waals surface area contributed by atoms with Crippen molar-refractivity contribution >= 4 is 17.7 Å². The predicted octanol–water partition coefficient (Wildman–Crippen LogP) is 0.724. The number of H-pyrrole nitrogens is 2. The minimum atomic E-state index is -0.497. The van der Waals surface area contributed by atoms with Crippen molar-refractivity contribution in [1.82, 2.24) is 34.5 Å². The van der Waals surface area contributed by atoms with Crippen molar-refractivity contribution in [2.24, 2.45) is 4.99 Å². The van der Waals surface area contributed by atoms with Crippen LogP contribution in [0.4, 0.5) is 5.95 Å². The van der Waals surface area contributed by atoms with Crippen LogP contribution in [0.1, 0.15) is 49.2 Å². The normalized spacial score (nSPS) is 16.1. The summed E-state index contributed by atoms with van der Waals surface area (Å²) in [6, 6.07) is 4.18. The van der Waals surface area contributed by atoms with E-state index in [1.54, 1.807) is 16.8 Å². The lowest BCUT2D eigenvalue weighted by Crippen LogP contribution is -2.26. The Hall–Kier alpha value is -4.02. The molecule has 1 aliphatic rings. The molecule has 0 aromatic carbocycles. The molecular weight excluding hydrogens is 410 g/mol. The number of nitrogens with one attached hydrogen (secondary N) is 3. The average Bonchev–Trinajstić information content (AvgIpc) is 3.41. The van der Waals surface area contributed by atoms with Crippen LogP contribution in [0.3, 0.4) is 0 Å². The topological polar surface area (TPSA) is 149 Å². The molecule has 4 heterocycles. The summed E-state index contributed by atoms with van der Waals surface area (Å²) in [5, 5.41) is 18.3. The number of imidazole rings is 1. The van der Waals surface area contributed by atoms with E-state index in [0.29, 0.717) is 22.4 Å². The van der Waals surface area contributed by atoms with Crippen LogP contribution < -0.4 is 21.8 Å². The number of aromatic amines is 2. The Kier molecular flexibility index (Phi) is 4.92. The van der Waals surface area contributed by atoms with Crippen molar-refractivity contribution in [1.29, 1.82) is 0 Å². The van der Waals surface area contributed by atoms with Gasteiger partial charge in [-0.05, 0) is 43.9 Å². The van der Waals surface area contributed by atoms with Gasteiger partial charge in [0.05, 0.1) is 24.0 Å². The standard InChI is InChI=1S/C21H23N9O2/c1-3-14(15-7-4-11(2)9-22-15)25-19-27-17-12(8-16-18(31)28-21(32)26-16)10-23-30(17)20(29-19)24-13-5-6-13/h4,7-10,13-14,31H,3,5-6H2,1-2H3,(H,24,25,29)(H2,26,28,32)/b12-8+. The molecule has 1 fully saturated rings. The second kappa shape index (κ2) is 7.91. The van der Waals surface area contributed by atoms with Crippen LogP contribution in [0, 0.1) is 6.92 Å². The number of rotatable bonds is 6. The number of fused-ring (bicyclic) bond motifs is 1. The van der Waals surface area contributed by atoms with Gasteiger partial charge in [0.25, 0.3) is 5.62 Å². The van der Waals surface area contributed by atoms with Gasteiger partial charge < -0.3 is 15.4 Å². The molecule has 4 aromatic heterocycles. The Morgan fingerprint density at radius 1 is 1.31 bits per heavy atom. The highest BCUT2D eigenvalue weighted by atomic mass is 16.3. The summed E-state index contributed by atoms with van der Waals surface area (Å²) in [4.78, 5) is 34.8. The van der Waals surface area contributed by atoms with Crippen molar-refractivity contribution in [2.75, 3.05) is 5.32 Å². The number of nitrogens with zero attached hydrogens (tertiary/aromatic N) is 6. The first-order valence-corrected chi connectivity index (χ1v) is 10.5. The van der Waals surface area contributed by atoms with E-state index >= 15 is 0 Å². The smallest absolute Gasteiger partial charge is 0.326 e. The van der Waals surface area contributed by atoms with Crippen LogP contribution in [-0.4, -0.2) is 45.7 Å². The lowest BCUT2D eigenvalue weighted by molar-refractivity contribution is 0.454. The highest BCUT2D eigenvalue weighted by Crippen LogP contribution is 2.22. The van der Waals surface area contributed by atoms with Gasteiger partial charge in [-0.15, -0.1) is 0 Å². The van der Waals surface area contributed by atoms with Crippen LogP contribution in [0.2, 0.25) is 0 Å². The number of hydrogen-bond donors (Lipinski definition) is 4. The molecule has 0 radical (unpaired) electrons. The third kappa shape index (κ3) is 3.96. The minimum absolute atomic E-state index is 0.0766. The lowest BCUT2D eigenvalue weighted by Gasteiger charge is -2.16. The molecule has 1 saturated carbocycles. The number of hydrogen-bond acceptors (Lipinski definition) is 8. The second-order valence-corrected chi connectivity index (χ2v) is 7.89. The highest BCUT2D eigenvalue weighted by Gasteiger charge is 2.21. The van der Waals surface area contributed by atoms with Crippen LogP contribution in [0.25, 0.3) is 11.7 Å². The van der Waals surface area contributed by atoms with Crippen molar-refractivity contribution in [3.8, 4) is 5.88 Å². The minimum Gasteiger partial charge on any atom is -0.493 e. The molecule has 5 rings (SSSR count). The molecule has 0 amide bonds. The monoisotopic (exact) mass is 433 g/mol. The van der Waals surface area contributed by atoms with E-state index < -0.39 is 5.69 Å². The largest absolute Gasteiger partial charge is 0.493 e. The predicted molar refractivity (Wildman–Crippen MR) is 117 cm³/mol. The summed E-state index contributed by atoms with van der Waals surface area (Å²) in [7, 11) is 0. The number of aromatic hydroxyl groups is 1. The molecule has 1 atom stereocenters. The Bertz CT molecular complexity index is 1450. The zero-order valence-corrected chi connectivity index (χ0v) is 17.7. The molecular formula is C21H23N9O2. The maximum absolute atomic E-state index is 11.5. The Labute approximate surface area is 182 Å². The fourth-order valence-corrected chi connectivity index (χ4v) is 3.37. The van der Waals surface area contributed by atoms with Crippen LogP contribution >= 0.6 is 0 Å². The van der Waals surface area contributed by atoms with E-state index in [0.717, 1.165) is 30.5 Å². The van der Waals surface area contributed by atoms with Gasteiger partial charge in [0.2, 0.25) is 11.8 Å². The molecule has 164 valence electrons. The van der Waals surface area contributed by atoms with Gasteiger partial charge in [0.1, 0.15) is 5.69 Å². The first kappa shape index (κ1) is 19.9. The van der Waals surface area contributed by atoms with E-state index in [9.17, 15) is 9.90 Å². The summed E-state index contributed by atoms with van der Waals surface area (Å²) in [5.41, 5.74) is 2.71. The second-order valence-electron chi connectivity index (χ2n) is 7.89. The molecule has 4 aromatic rings. The van der Waals surface area contributed by atoms with Gasteiger partial charge in [-0.2, -0.15) is 19.6 Å². The van der Waals surface area contributed by atoms with E-state index in [1.807, 2.05) is 25.3 Å². The van der Waals surface area contributed by atoms with Crippen molar-refractivity contribution in [2.45, 2.75) is 45.2 Å². The third-order valence-corrected chi connectivity index (χ3v) is 5.26. The molecule has 0 bridgehead atoms. The molecule has 4 N–H and O–H groups in total. The molecule has 0 aliphatic heterocycles. The summed E-state index contributed by atoms with van der Waals surface area (Å²) in [5.74, 6) is 0.161. The maximum atomic E-state index is 11.5. The van der Waals surface area contributed by atoms with Crippen molar-refractivity contribution in [3.05, 3.63) is 62.8 Å². The van der Waals surface area contributed by atoms with Crippen LogP contribution in [0.5, 0.6) is 5.88 Å². The molecule has 0 saturated heterocycles. The number of aryl methyl sites for hydroxylation is 1. The molecule has 11 heteroatoms. The average molecular weight is 433 g/mol. The molecule has 1 unspecified atom stereocenters. The third-order valence-electron chi connectivity index (χ3n) is 5.26. The summed E-state index contributed by atoms with van der Waals surface area (Å²) in [6.45, 7) is 4.07. The van der Waals surface area contributed by atoms with E-state index in [2.05, 4.69) is 47.3 Å². The van der Waals surface area contributed by atoms with Gasteiger partial charge >= 0.3 is 5.69 Å². The Morgan fingerprint density at radius 2 is 2.16 bits per heavy atom. The molecule has 32 heavy (non-hydrogen) atoms. The highest BCUT2D eigenvalue weighted by molar-refractivity contribution is 5.57. The molecule has 11 nitrogen and oxygen atoms in total. The first-order chi connectivity index (χ1) is 15.5. The molecule has 0 spiro atoms. The summed E-state index contributed by atoms with van der Waals surface area (Å²) >= 11 is 0. The number of anilines is 1. The zero-order valence-electron chi connectivity index (χ0n) is 17.7. The van der Waals surface area contributed by atoms with Gasteiger partial charge in [-0.25, -0.2) is 9.79 Å².